The fraction of sp³-hybridized carbons (Fsp3) is 0.235. The van der Waals surface area contributed by atoms with Crippen molar-refractivity contribution in [3.8, 4) is 11.3 Å². The van der Waals surface area contributed by atoms with E-state index >= 15 is 0 Å². The molecule has 0 saturated carbocycles. The van der Waals surface area contributed by atoms with E-state index in [4.69, 9.17) is 12.2 Å². The molecule has 0 atom stereocenters. The molecule has 0 spiro atoms. The summed E-state index contributed by atoms with van der Waals surface area (Å²) in [6.45, 7) is 6.24. The third kappa shape index (κ3) is 2.47. The average Bonchev–Trinajstić information content (AvgIpc) is 2.49. The SMILES string of the molecule is Cc1c(-c2cccc3cnccc23)[nH]c(C(C)C)nc1=S. The molecule has 0 saturated heterocycles. The lowest BCUT2D eigenvalue weighted by molar-refractivity contribution is 0.770. The summed E-state index contributed by atoms with van der Waals surface area (Å²) in [7, 11) is 0. The molecule has 0 aliphatic rings. The van der Waals surface area contributed by atoms with E-state index in [-0.39, 0.29) is 0 Å². The van der Waals surface area contributed by atoms with Gasteiger partial charge in [-0.2, -0.15) is 0 Å². The van der Waals surface area contributed by atoms with Crippen molar-refractivity contribution in [2.24, 2.45) is 0 Å². The van der Waals surface area contributed by atoms with Gasteiger partial charge in [-0.15, -0.1) is 0 Å². The standard InChI is InChI=1S/C17H17N3S/c1-10(2)16-19-15(11(3)17(21)20-16)14-6-4-5-12-9-18-8-7-13(12)14/h4-10H,1-3H3,(H,19,20,21). The monoisotopic (exact) mass is 295 g/mol. The predicted octanol–water partition coefficient (Wildman–Crippen LogP) is 4.79. The minimum absolute atomic E-state index is 0.308. The Morgan fingerprint density at radius 2 is 2.00 bits per heavy atom. The van der Waals surface area contributed by atoms with E-state index in [0.717, 1.165) is 28.0 Å². The van der Waals surface area contributed by atoms with Gasteiger partial charge in [0.1, 0.15) is 10.5 Å². The Balaban J connectivity index is 2.35. The summed E-state index contributed by atoms with van der Waals surface area (Å²) in [4.78, 5) is 12.1. The highest BCUT2D eigenvalue weighted by atomic mass is 32.1. The van der Waals surface area contributed by atoms with E-state index in [1.807, 2.05) is 31.5 Å². The zero-order valence-electron chi connectivity index (χ0n) is 12.3. The number of benzene rings is 1. The van der Waals surface area contributed by atoms with Gasteiger partial charge in [0.05, 0.1) is 5.69 Å². The van der Waals surface area contributed by atoms with Crippen LogP contribution in [0.2, 0.25) is 0 Å². The van der Waals surface area contributed by atoms with Gasteiger partial charge < -0.3 is 4.98 Å². The van der Waals surface area contributed by atoms with Crippen LogP contribution in [-0.2, 0) is 0 Å². The van der Waals surface area contributed by atoms with E-state index in [0.29, 0.717) is 10.6 Å². The lowest BCUT2D eigenvalue weighted by Gasteiger charge is -2.13. The Kier molecular flexibility index (Phi) is 3.55. The molecule has 21 heavy (non-hydrogen) atoms. The molecule has 3 aromatic rings. The van der Waals surface area contributed by atoms with Gasteiger partial charge in [-0.05, 0) is 18.4 Å². The van der Waals surface area contributed by atoms with E-state index in [1.54, 1.807) is 0 Å². The number of aromatic nitrogens is 3. The van der Waals surface area contributed by atoms with E-state index < -0.39 is 0 Å². The topological polar surface area (TPSA) is 41.6 Å². The lowest BCUT2D eigenvalue weighted by atomic mass is 10.0. The quantitative estimate of drug-likeness (QED) is 0.691. The van der Waals surface area contributed by atoms with Crippen molar-refractivity contribution >= 4 is 23.0 Å². The van der Waals surface area contributed by atoms with Crippen LogP contribution in [0.1, 0.15) is 31.2 Å². The Morgan fingerprint density at radius 1 is 1.19 bits per heavy atom. The molecular weight excluding hydrogens is 278 g/mol. The van der Waals surface area contributed by atoms with Crippen molar-refractivity contribution < 1.29 is 0 Å². The molecule has 0 aliphatic carbocycles. The molecule has 0 unspecified atom stereocenters. The normalized spacial score (nSPS) is 11.2. The fourth-order valence-corrected chi connectivity index (χ4v) is 2.63. The van der Waals surface area contributed by atoms with E-state index in [1.165, 1.54) is 5.39 Å². The average molecular weight is 295 g/mol. The number of nitrogens with one attached hydrogen (secondary N) is 1. The van der Waals surface area contributed by atoms with Crippen molar-refractivity contribution in [2.75, 3.05) is 0 Å². The van der Waals surface area contributed by atoms with Gasteiger partial charge in [-0.25, -0.2) is 4.98 Å². The number of hydrogen-bond acceptors (Lipinski definition) is 3. The zero-order chi connectivity index (χ0) is 15.0. The molecule has 3 nitrogen and oxygen atoms in total. The van der Waals surface area contributed by atoms with Crippen molar-refractivity contribution in [1.82, 2.24) is 15.0 Å². The van der Waals surface area contributed by atoms with Crippen LogP contribution < -0.4 is 0 Å². The summed E-state index contributed by atoms with van der Waals surface area (Å²) in [5, 5.41) is 2.29. The largest absolute Gasteiger partial charge is 0.343 e. The number of rotatable bonds is 2. The molecule has 0 aliphatic heterocycles. The Morgan fingerprint density at radius 3 is 2.76 bits per heavy atom. The number of aromatic amines is 1. The smallest absolute Gasteiger partial charge is 0.133 e. The first kappa shape index (κ1) is 13.9. The van der Waals surface area contributed by atoms with Gasteiger partial charge in [0.15, 0.2) is 0 Å². The van der Waals surface area contributed by atoms with Crippen LogP contribution in [0.25, 0.3) is 22.0 Å². The summed E-state index contributed by atoms with van der Waals surface area (Å²) in [6.07, 6.45) is 3.70. The number of H-pyrrole nitrogens is 1. The summed E-state index contributed by atoms with van der Waals surface area (Å²) in [6, 6.07) is 8.27. The summed E-state index contributed by atoms with van der Waals surface area (Å²) >= 11 is 5.43. The number of hydrogen-bond donors (Lipinski definition) is 1. The summed E-state index contributed by atoms with van der Waals surface area (Å²) in [5.74, 6) is 1.23. The van der Waals surface area contributed by atoms with Gasteiger partial charge in [0.2, 0.25) is 0 Å². The first-order chi connectivity index (χ1) is 10.1. The van der Waals surface area contributed by atoms with Crippen molar-refractivity contribution in [3.63, 3.8) is 0 Å². The molecule has 3 rings (SSSR count). The van der Waals surface area contributed by atoms with Crippen LogP contribution in [0.3, 0.4) is 0 Å². The van der Waals surface area contributed by atoms with Crippen LogP contribution in [0.5, 0.6) is 0 Å². The molecule has 0 fully saturated rings. The maximum absolute atomic E-state index is 5.43. The molecule has 2 heterocycles. The third-order valence-electron chi connectivity index (χ3n) is 3.67. The first-order valence-electron chi connectivity index (χ1n) is 7.02. The Hall–Kier alpha value is -2.07. The highest BCUT2D eigenvalue weighted by Gasteiger charge is 2.11. The molecule has 4 heteroatoms. The second-order valence-electron chi connectivity index (χ2n) is 5.48. The minimum Gasteiger partial charge on any atom is -0.343 e. The summed E-state index contributed by atoms with van der Waals surface area (Å²) < 4.78 is 0.665. The molecule has 1 N–H and O–H groups in total. The van der Waals surface area contributed by atoms with E-state index in [2.05, 4.69) is 40.9 Å². The molecule has 0 radical (unpaired) electrons. The van der Waals surface area contributed by atoms with Crippen molar-refractivity contribution in [1.29, 1.82) is 0 Å². The molecular formula is C17H17N3S. The van der Waals surface area contributed by atoms with E-state index in [9.17, 15) is 0 Å². The number of pyridine rings is 1. The molecule has 2 aromatic heterocycles. The lowest BCUT2D eigenvalue weighted by Crippen LogP contribution is -2.02. The van der Waals surface area contributed by atoms with Gasteiger partial charge >= 0.3 is 0 Å². The van der Waals surface area contributed by atoms with Gasteiger partial charge in [0.25, 0.3) is 0 Å². The third-order valence-corrected chi connectivity index (χ3v) is 4.07. The van der Waals surface area contributed by atoms with Gasteiger partial charge in [-0.3, -0.25) is 4.98 Å². The van der Waals surface area contributed by atoms with Crippen LogP contribution in [-0.4, -0.2) is 15.0 Å². The van der Waals surface area contributed by atoms with Crippen molar-refractivity contribution in [3.05, 3.63) is 52.7 Å². The molecule has 1 aromatic carbocycles. The maximum atomic E-state index is 5.43. The predicted molar refractivity (Wildman–Crippen MR) is 89.0 cm³/mol. The minimum atomic E-state index is 0.308. The van der Waals surface area contributed by atoms with Crippen LogP contribution >= 0.6 is 12.2 Å². The van der Waals surface area contributed by atoms with Crippen LogP contribution in [0.15, 0.2) is 36.7 Å². The molecule has 106 valence electrons. The van der Waals surface area contributed by atoms with Gasteiger partial charge in [0, 0.05) is 34.8 Å². The zero-order valence-corrected chi connectivity index (χ0v) is 13.2. The Labute approximate surface area is 129 Å². The maximum Gasteiger partial charge on any atom is 0.133 e. The van der Waals surface area contributed by atoms with Crippen LogP contribution in [0.4, 0.5) is 0 Å². The van der Waals surface area contributed by atoms with Gasteiger partial charge in [-0.1, -0.05) is 44.3 Å². The fourth-order valence-electron chi connectivity index (χ4n) is 2.43. The highest BCUT2D eigenvalue weighted by Crippen LogP contribution is 2.30. The first-order valence-corrected chi connectivity index (χ1v) is 7.42. The summed E-state index contributed by atoms with van der Waals surface area (Å²) in [5.41, 5.74) is 3.21. The second-order valence-corrected chi connectivity index (χ2v) is 5.87. The number of fused-ring (bicyclic) bond motifs is 1. The highest BCUT2D eigenvalue weighted by molar-refractivity contribution is 7.71. The molecule has 0 amide bonds. The van der Waals surface area contributed by atoms with Crippen molar-refractivity contribution in [2.45, 2.75) is 26.7 Å². The Bertz CT molecular complexity index is 860. The molecule has 0 bridgehead atoms. The van der Waals surface area contributed by atoms with Crippen LogP contribution in [0, 0.1) is 11.6 Å². The number of nitrogens with zero attached hydrogens (tertiary/aromatic N) is 2. The second kappa shape index (κ2) is 5.37.